The number of carbonyl (C=O) groups excluding carboxylic acids is 1. The van der Waals surface area contributed by atoms with Crippen molar-refractivity contribution in [2.75, 3.05) is 5.32 Å². The number of halogens is 1. The Hall–Kier alpha value is -2.10. The molecular weight excluding hydrogens is 258 g/mol. The molecule has 1 amide bonds. The van der Waals surface area contributed by atoms with Crippen LogP contribution in [0.25, 0.3) is 0 Å². The minimum absolute atomic E-state index is 0.00929. The van der Waals surface area contributed by atoms with Gasteiger partial charge in [-0.2, -0.15) is 0 Å². The summed E-state index contributed by atoms with van der Waals surface area (Å²) in [5, 5.41) is 13.4. The number of nitro benzene ring substituents is 1. The maximum atomic E-state index is 11.6. The molecule has 0 aliphatic rings. The van der Waals surface area contributed by atoms with Gasteiger partial charge in [-0.1, -0.05) is 11.6 Å². The summed E-state index contributed by atoms with van der Waals surface area (Å²) in [5.74, 6) is 1.64. The first-order chi connectivity index (χ1) is 8.45. The van der Waals surface area contributed by atoms with Gasteiger partial charge in [-0.3, -0.25) is 14.9 Å². The van der Waals surface area contributed by atoms with Crippen LogP contribution in [0.3, 0.4) is 0 Å². The van der Waals surface area contributed by atoms with Crippen LogP contribution in [-0.4, -0.2) is 16.9 Å². The Labute approximate surface area is 108 Å². The number of hydrogen-bond acceptors (Lipinski definition) is 4. The van der Waals surface area contributed by atoms with Crippen LogP contribution in [0.5, 0.6) is 0 Å². The largest absolute Gasteiger partial charge is 0.319 e. The van der Waals surface area contributed by atoms with Crippen molar-refractivity contribution >= 4 is 28.9 Å². The number of nitrogens with zero attached hydrogens (tertiary/aromatic N) is 1. The van der Waals surface area contributed by atoms with Crippen LogP contribution in [0, 0.1) is 22.5 Å². The van der Waals surface area contributed by atoms with E-state index < -0.39 is 16.9 Å². The number of carbonyl (C=O) groups is 1. The van der Waals surface area contributed by atoms with E-state index in [1.807, 2.05) is 0 Å². The summed E-state index contributed by atoms with van der Waals surface area (Å²) in [6, 6.07) is 2.91. The summed E-state index contributed by atoms with van der Waals surface area (Å²) >= 11 is 5.71. The van der Waals surface area contributed by atoms with E-state index in [-0.39, 0.29) is 22.8 Å². The third-order valence-corrected chi connectivity index (χ3v) is 2.32. The first-order valence-corrected chi connectivity index (χ1v) is 5.27. The molecule has 0 fully saturated rings. The molecule has 0 spiro atoms. The van der Waals surface area contributed by atoms with Gasteiger partial charge in [0.25, 0.3) is 5.69 Å². The number of nitrogens with one attached hydrogen (secondary N) is 1. The van der Waals surface area contributed by atoms with Gasteiger partial charge in [0.2, 0.25) is 5.91 Å². The summed E-state index contributed by atoms with van der Waals surface area (Å²) in [6.45, 7) is 0. The normalized spacial score (nSPS) is 11.4. The van der Waals surface area contributed by atoms with Gasteiger partial charge in [0.15, 0.2) is 0 Å². The van der Waals surface area contributed by atoms with Gasteiger partial charge in [0.1, 0.15) is 5.69 Å². The van der Waals surface area contributed by atoms with E-state index in [9.17, 15) is 14.9 Å². The Morgan fingerprint density at radius 3 is 2.89 bits per heavy atom. The van der Waals surface area contributed by atoms with Crippen molar-refractivity contribution in [1.29, 1.82) is 0 Å². The van der Waals surface area contributed by atoms with Crippen molar-refractivity contribution in [3.05, 3.63) is 33.3 Å². The molecule has 0 heterocycles. The van der Waals surface area contributed by atoms with Gasteiger partial charge < -0.3 is 11.1 Å². The van der Waals surface area contributed by atoms with E-state index in [1.54, 1.807) is 0 Å². The van der Waals surface area contributed by atoms with Gasteiger partial charge in [-0.15, -0.1) is 12.3 Å². The van der Waals surface area contributed by atoms with E-state index in [2.05, 4.69) is 11.2 Å². The average Bonchev–Trinajstić information content (AvgIpc) is 2.28. The SMILES string of the molecule is C#CCC(N)C(=O)Nc1cc(Cl)ccc1[N+](=O)[O-]. The third-order valence-electron chi connectivity index (χ3n) is 2.09. The third kappa shape index (κ3) is 3.45. The highest BCUT2D eigenvalue weighted by Gasteiger charge is 2.19. The summed E-state index contributed by atoms with van der Waals surface area (Å²) in [7, 11) is 0. The van der Waals surface area contributed by atoms with Crippen molar-refractivity contribution in [3.8, 4) is 12.3 Å². The molecule has 1 unspecified atom stereocenters. The average molecular weight is 268 g/mol. The maximum absolute atomic E-state index is 11.6. The van der Waals surface area contributed by atoms with E-state index >= 15 is 0 Å². The smallest absolute Gasteiger partial charge is 0.292 e. The van der Waals surface area contributed by atoms with Gasteiger partial charge in [0, 0.05) is 17.5 Å². The van der Waals surface area contributed by atoms with Crippen LogP contribution < -0.4 is 11.1 Å². The standard InChI is InChI=1S/C11H10ClN3O3/c1-2-3-8(13)11(16)14-9-6-7(12)4-5-10(9)15(17)18/h1,4-6,8H,3,13H2,(H,14,16). The number of rotatable bonds is 4. The van der Waals surface area contributed by atoms with Crippen molar-refractivity contribution in [3.63, 3.8) is 0 Å². The Morgan fingerprint density at radius 1 is 1.67 bits per heavy atom. The molecule has 18 heavy (non-hydrogen) atoms. The van der Waals surface area contributed by atoms with Gasteiger partial charge >= 0.3 is 0 Å². The summed E-state index contributed by atoms with van der Waals surface area (Å²) in [6.07, 6.45) is 5.07. The molecule has 6 nitrogen and oxygen atoms in total. The van der Waals surface area contributed by atoms with E-state index in [0.29, 0.717) is 0 Å². The molecule has 7 heteroatoms. The molecule has 3 N–H and O–H groups in total. The molecular formula is C11H10ClN3O3. The minimum Gasteiger partial charge on any atom is -0.319 e. The van der Waals surface area contributed by atoms with Crippen molar-refractivity contribution in [2.24, 2.45) is 5.73 Å². The van der Waals surface area contributed by atoms with Crippen molar-refractivity contribution in [2.45, 2.75) is 12.5 Å². The quantitative estimate of drug-likeness (QED) is 0.491. The molecule has 1 atom stereocenters. The second-order valence-electron chi connectivity index (χ2n) is 3.42. The first kappa shape index (κ1) is 14.0. The fourth-order valence-electron chi connectivity index (χ4n) is 1.21. The van der Waals surface area contributed by atoms with E-state index in [0.717, 1.165) is 0 Å². The lowest BCUT2D eigenvalue weighted by Crippen LogP contribution is -2.35. The lowest BCUT2D eigenvalue weighted by atomic mass is 10.2. The summed E-state index contributed by atoms with van der Waals surface area (Å²) < 4.78 is 0. The number of benzene rings is 1. The predicted octanol–water partition coefficient (Wildman–Crippen LogP) is 1.54. The zero-order valence-electron chi connectivity index (χ0n) is 9.22. The lowest BCUT2D eigenvalue weighted by molar-refractivity contribution is -0.383. The van der Waals surface area contributed by atoms with E-state index in [4.69, 9.17) is 23.8 Å². The molecule has 0 bridgehead atoms. The summed E-state index contributed by atoms with van der Waals surface area (Å²) in [5.41, 5.74) is 5.21. The molecule has 0 radical (unpaired) electrons. The van der Waals surface area contributed by atoms with Gasteiger partial charge in [-0.25, -0.2) is 0 Å². The van der Waals surface area contributed by atoms with Crippen molar-refractivity contribution in [1.82, 2.24) is 0 Å². The number of anilines is 1. The molecule has 0 aliphatic carbocycles. The molecule has 0 aromatic heterocycles. The monoisotopic (exact) mass is 267 g/mol. The lowest BCUT2D eigenvalue weighted by Gasteiger charge is -2.10. The minimum atomic E-state index is -0.923. The first-order valence-electron chi connectivity index (χ1n) is 4.89. The highest BCUT2D eigenvalue weighted by Crippen LogP contribution is 2.27. The van der Waals surface area contributed by atoms with Crippen LogP contribution >= 0.6 is 11.6 Å². The Kier molecular flexibility index (Phi) is 4.66. The number of amides is 1. The number of nitrogens with two attached hydrogens (primary N) is 1. The number of terminal acetylenes is 1. The topological polar surface area (TPSA) is 98.3 Å². The molecule has 0 saturated carbocycles. The fourth-order valence-corrected chi connectivity index (χ4v) is 1.38. The second kappa shape index (κ2) is 6.00. The van der Waals surface area contributed by atoms with Gasteiger partial charge in [0.05, 0.1) is 11.0 Å². The van der Waals surface area contributed by atoms with Crippen molar-refractivity contribution < 1.29 is 9.72 Å². The molecule has 0 saturated heterocycles. The second-order valence-corrected chi connectivity index (χ2v) is 3.86. The maximum Gasteiger partial charge on any atom is 0.292 e. The van der Waals surface area contributed by atoms with Crippen LogP contribution in [-0.2, 0) is 4.79 Å². The Morgan fingerprint density at radius 2 is 2.33 bits per heavy atom. The molecule has 1 rings (SSSR count). The van der Waals surface area contributed by atoms with Crippen LogP contribution in [0.4, 0.5) is 11.4 Å². The van der Waals surface area contributed by atoms with Crippen LogP contribution in [0.15, 0.2) is 18.2 Å². The van der Waals surface area contributed by atoms with Crippen LogP contribution in [0.1, 0.15) is 6.42 Å². The Balaban J connectivity index is 2.96. The number of nitro groups is 1. The fraction of sp³-hybridized carbons (Fsp3) is 0.182. The molecule has 0 aliphatic heterocycles. The summed E-state index contributed by atoms with van der Waals surface area (Å²) in [4.78, 5) is 21.7. The Bertz CT molecular complexity index is 525. The predicted molar refractivity (Wildman–Crippen MR) is 68.2 cm³/mol. The van der Waals surface area contributed by atoms with Gasteiger partial charge in [-0.05, 0) is 12.1 Å². The highest BCUT2D eigenvalue weighted by atomic mass is 35.5. The zero-order valence-corrected chi connectivity index (χ0v) is 9.98. The van der Waals surface area contributed by atoms with E-state index in [1.165, 1.54) is 18.2 Å². The number of hydrogen-bond donors (Lipinski definition) is 2. The molecule has 94 valence electrons. The molecule has 1 aromatic carbocycles. The zero-order chi connectivity index (χ0) is 13.7. The van der Waals surface area contributed by atoms with Crippen LogP contribution in [0.2, 0.25) is 5.02 Å². The molecule has 1 aromatic rings. The highest BCUT2D eigenvalue weighted by molar-refractivity contribution is 6.31.